The van der Waals surface area contributed by atoms with Crippen LogP contribution in [0, 0.1) is 18.8 Å². The van der Waals surface area contributed by atoms with Crippen molar-refractivity contribution in [1.29, 1.82) is 0 Å². The van der Waals surface area contributed by atoms with Crippen molar-refractivity contribution >= 4 is 5.97 Å². The average molecular weight is 304 g/mol. The minimum Gasteiger partial charge on any atom is -0.507 e. The van der Waals surface area contributed by atoms with Gasteiger partial charge in [0, 0.05) is 11.5 Å². The number of aromatic hydroxyl groups is 2. The SMILES string of the molecule is CC1=C[C@@H](c2c(O)cc(C)c(C(=O)O)c2O)C(C(C)C)CC1. The molecule has 0 aliphatic heterocycles. The van der Waals surface area contributed by atoms with Crippen LogP contribution in [0.1, 0.15) is 61.0 Å². The van der Waals surface area contributed by atoms with E-state index in [1.54, 1.807) is 6.92 Å². The third kappa shape index (κ3) is 2.82. The standard InChI is InChI=1S/C18H24O4/c1-9(2)12-6-5-10(3)7-13(12)16-14(19)8-11(4)15(17(16)20)18(21)22/h7-9,12-13,19-20H,5-6H2,1-4H3,(H,21,22)/t12?,13-/m1/s1. The molecule has 0 amide bonds. The lowest BCUT2D eigenvalue weighted by Crippen LogP contribution is -2.21. The van der Waals surface area contributed by atoms with Gasteiger partial charge in [0.2, 0.25) is 0 Å². The van der Waals surface area contributed by atoms with Gasteiger partial charge in [0.25, 0.3) is 0 Å². The molecule has 0 saturated heterocycles. The fraction of sp³-hybridized carbons (Fsp3) is 0.500. The average Bonchev–Trinajstić information content (AvgIpc) is 2.36. The second kappa shape index (κ2) is 6.03. The first-order chi connectivity index (χ1) is 10.2. The molecule has 3 N–H and O–H groups in total. The monoisotopic (exact) mass is 304 g/mol. The van der Waals surface area contributed by atoms with Gasteiger partial charge in [-0.2, -0.15) is 0 Å². The molecular weight excluding hydrogens is 280 g/mol. The summed E-state index contributed by atoms with van der Waals surface area (Å²) in [6.45, 7) is 7.84. The highest BCUT2D eigenvalue weighted by atomic mass is 16.4. The molecule has 2 atom stereocenters. The smallest absolute Gasteiger partial charge is 0.339 e. The Morgan fingerprint density at radius 2 is 1.91 bits per heavy atom. The van der Waals surface area contributed by atoms with E-state index in [0.717, 1.165) is 12.8 Å². The van der Waals surface area contributed by atoms with Crippen molar-refractivity contribution in [2.45, 2.75) is 46.5 Å². The predicted molar refractivity (Wildman–Crippen MR) is 85.5 cm³/mol. The van der Waals surface area contributed by atoms with Crippen molar-refractivity contribution in [2.24, 2.45) is 11.8 Å². The Balaban J connectivity index is 2.66. The Labute approximate surface area is 131 Å². The lowest BCUT2D eigenvalue weighted by Gasteiger charge is -2.34. The van der Waals surface area contributed by atoms with Crippen LogP contribution in [0.4, 0.5) is 0 Å². The highest BCUT2D eigenvalue weighted by Gasteiger charge is 2.33. The van der Waals surface area contributed by atoms with Gasteiger partial charge in [-0.25, -0.2) is 4.79 Å². The molecular formula is C18H24O4. The molecule has 0 bridgehead atoms. The van der Waals surface area contributed by atoms with Crippen molar-refractivity contribution in [3.05, 3.63) is 34.4 Å². The first-order valence-corrected chi connectivity index (χ1v) is 7.70. The minimum absolute atomic E-state index is 0.0263. The third-order valence-corrected chi connectivity index (χ3v) is 4.72. The van der Waals surface area contributed by atoms with Crippen LogP contribution >= 0.6 is 0 Å². The van der Waals surface area contributed by atoms with Gasteiger partial charge in [-0.05, 0) is 50.2 Å². The Morgan fingerprint density at radius 1 is 1.27 bits per heavy atom. The number of aryl methyl sites for hydroxylation is 1. The number of carboxylic acids is 1. The zero-order valence-corrected chi connectivity index (χ0v) is 13.6. The van der Waals surface area contributed by atoms with Gasteiger partial charge in [0.15, 0.2) is 0 Å². The molecule has 0 radical (unpaired) electrons. The number of phenolic OH excluding ortho intramolecular Hbond substituents is 1. The van der Waals surface area contributed by atoms with Gasteiger partial charge < -0.3 is 15.3 Å². The number of hydrogen-bond acceptors (Lipinski definition) is 3. The van der Waals surface area contributed by atoms with E-state index >= 15 is 0 Å². The van der Waals surface area contributed by atoms with E-state index in [1.807, 2.05) is 6.92 Å². The van der Waals surface area contributed by atoms with Crippen molar-refractivity contribution in [2.75, 3.05) is 0 Å². The number of rotatable bonds is 3. The number of benzene rings is 1. The van der Waals surface area contributed by atoms with E-state index in [4.69, 9.17) is 0 Å². The van der Waals surface area contributed by atoms with E-state index < -0.39 is 5.97 Å². The second-order valence-corrected chi connectivity index (χ2v) is 6.64. The van der Waals surface area contributed by atoms with Crippen LogP contribution in [0.15, 0.2) is 17.7 Å². The molecule has 0 fully saturated rings. The first-order valence-electron chi connectivity index (χ1n) is 7.70. The molecule has 0 saturated carbocycles. The lowest BCUT2D eigenvalue weighted by atomic mass is 9.71. The number of carbonyl (C=O) groups is 1. The molecule has 0 heterocycles. The van der Waals surface area contributed by atoms with Crippen LogP contribution in [0.3, 0.4) is 0 Å². The van der Waals surface area contributed by atoms with Gasteiger partial charge in [-0.1, -0.05) is 25.5 Å². The Bertz CT molecular complexity index is 628. The van der Waals surface area contributed by atoms with Crippen molar-refractivity contribution in [3.8, 4) is 11.5 Å². The topological polar surface area (TPSA) is 77.8 Å². The number of allylic oxidation sites excluding steroid dienone is 2. The van der Waals surface area contributed by atoms with Crippen LogP contribution < -0.4 is 0 Å². The Hall–Kier alpha value is -1.97. The first kappa shape index (κ1) is 16.4. The molecule has 1 aliphatic rings. The molecule has 4 nitrogen and oxygen atoms in total. The molecule has 4 heteroatoms. The maximum absolute atomic E-state index is 11.4. The molecule has 0 aromatic heterocycles. The number of carboxylic acid groups (broad SMARTS) is 1. The molecule has 1 unspecified atom stereocenters. The molecule has 1 aliphatic carbocycles. The van der Waals surface area contributed by atoms with Gasteiger partial charge in [0.05, 0.1) is 0 Å². The van der Waals surface area contributed by atoms with E-state index in [0.29, 0.717) is 17.0 Å². The molecule has 2 rings (SSSR count). The van der Waals surface area contributed by atoms with E-state index in [1.165, 1.54) is 11.6 Å². The summed E-state index contributed by atoms with van der Waals surface area (Å²) < 4.78 is 0. The summed E-state index contributed by atoms with van der Waals surface area (Å²) in [5.41, 5.74) is 1.80. The van der Waals surface area contributed by atoms with Crippen molar-refractivity contribution < 1.29 is 20.1 Å². The van der Waals surface area contributed by atoms with Gasteiger partial charge in [-0.15, -0.1) is 0 Å². The van der Waals surface area contributed by atoms with Crippen molar-refractivity contribution in [3.63, 3.8) is 0 Å². The van der Waals surface area contributed by atoms with Crippen LogP contribution in [0.2, 0.25) is 0 Å². The van der Waals surface area contributed by atoms with Gasteiger partial charge in [-0.3, -0.25) is 0 Å². The maximum atomic E-state index is 11.4. The Morgan fingerprint density at radius 3 is 2.45 bits per heavy atom. The summed E-state index contributed by atoms with van der Waals surface area (Å²) in [6, 6.07) is 1.44. The van der Waals surface area contributed by atoms with Crippen LogP contribution in [-0.4, -0.2) is 21.3 Å². The highest BCUT2D eigenvalue weighted by molar-refractivity contribution is 5.93. The number of phenols is 2. The normalized spacial score (nSPS) is 21.8. The van der Waals surface area contributed by atoms with E-state index in [-0.39, 0.29) is 28.9 Å². The van der Waals surface area contributed by atoms with Gasteiger partial charge in [0.1, 0.15) is 17.1 Å². The van der Waals surface area contributed by atoms with Crippen LogP contribution in [0.25, 0.3) is 0 Å². The number of aromatic carboxylic acids is 1. The predicted octanol–water partition coefficient (Wildman–Crippen LogP) is 4.20. The molecule has 1 aromatic rings. The van der Waals surface area contributed by atoms with Crippen LogP contribution in [-0.2, 0) is 0 Å². The fourth-order valence-corrected chi connectivity index (χ4v) is 3.53. The van der Waals surface area contributed by atoms with Crippen LogP contribution in [0.5, 0.6) is 11.5 Å². The van der Waals surface area contributed by atoms with E-state index in [2.05, 4.69) is 19.9 Å². The molecule has 0 spiro atoms. The summed E-state index contributed by atoms with van der Waals surface area (Å²) in [5.74, 6) is -1.01. The molecule has 1 aromatic carbocycles. The number of hydrogen-bond donors (Lipinski definition) is 3. The molecule has 120 valence electrons. The highest BCUT2D eigenvalue weighted by Crippen LogP contribution is 2.48. The quantitative estimate of drug-likeness (QED) is 0.731. The summed E-state index contributed by atoms with van der Waals surface area (Å²) >= 11 is 0. The second-order valence-electron chi connectivity index (χ2n) is 6.64. The zero-order valence-electron chi connectivity index (χ0n) is 13.6. The summed E-state index contributed by atoms with van der Waals surface area (Å²) in [7, 11) is 0. The summed E-state index contributed by atoms with van der Waals surface area (Å²) in [4.78, 5) is 11.4. The summed E-state index contributed by atoms with van der Waals surface area (Å²) in [6.07, 6.45) is 4.03. The maximum Gasteiger partial charge on any atom is 0.339 e. The lowest BCUT2D eigenvalue weighted by molar-refractivity contribution is 0.0692. The largest absolute Gasteiger partial charge is 0.507 e. The van der Waals surface area contributed by atoms with Crippen molar-refractivity contribution in [1.82, 2.24) is 0 Å². The zero-order chi connectivity index (χ0) is 16.6. The van der Waals surface area contributed by atoms with Gasteiger partial charge >= 0.3 is 5.97 Å². The summed E-state index contributed by atoms with van der Waals surface area (Å²) in [5, 5.41) is 30.2. The fourth-order valence-electron chi connectivity index (χ4n) is 3.53. The third-order valence-electron chi connectivity index (χ3n) is 4.72. The molecule has 22 heavy (non-hydrogen) atoms. The minimum atomic E-state index is -1.17. The Kier molecular flexibility index (Phi) is 4.50. The van der Waals surface area contributed by atoms with E-state index in [9.17, 15) is 20.1 Å².